The van der Waals surface area contributed by atoms with Gasteiger partial charge in [0.15, 0.2) is 5.69 Å². The van der Waals surface area contributed by atoms with E-state index in [0.29, 0.717) is 18.7 Å². The second kappa shape index (κ2) is 9.51. The van der Waals surface area contributed by atoms with Crippen molar-refractivity contribution in [3.8, 4) is 5.88 Å². The van der Waals surface area contributed by atoms with Gasteiger partial charge in [0.25, 0.3) is 5.91 Å². The van der Waals surface area contributed by atoms with E-state index >= 15 is 0 Å². The van der Waals surface area contributed by atoms with Crippen LogP contribution in [0.1, 0.15) is 23.1 Å². The molecule has 4 aromatic carbocycles. The van der Waals surface area contributed by atoms with Gasteiger partial charge in [-0.25, -0.2) is 0 Å². The lowest BCUT2D eigenvalue weighted by Gasteiger charge is -2.17. The van der Waals surface area contributed by atoms with Gasteiger partial charge in [-0.05, 0) is 35.6 Å². The lowest BCUT2D eigenvalue weighted by Crippen LogP contribution is -2.16. The van der Waals surface area contributed by atoms with Crippen molar-refractivity contribution >= 4 is 22.5 Å². The number of rotatable bonds is 7. The predicted molar refractivity (Wildman–Crippen MR) is 145 cm³/mol. The number of hydrogen-bond acceptors (Lipinski definition) is 3. The van der Waals surface area contributed by atoms with Crippen molar-refractivity contribution in [1.82, 2.24) is 4.57 Å². The number of para-hydroxylation sites is 1. The van der Waals surface area contributed by atoms with Gasteiger partial charge in [-0.1, -0.05) is 109 Å². The van der Waals surface area contributed by atoms with Gasteiger partial charge < -0.3 is 9.67 Å². The molecule has 5 nitrogen and oxygen atoms in total. The van der Waals surface area contributed by atoms with Gasteiger partial charge in [-0.2, -0.15) is 0 Å². The molecule has 1 fully saturated rings. The highest BCUT2D eigenvalue weighted by Gasteiger charge is 2.60. The number of carbonyl (C=O) groups excluding carboxylic acids is 1. The van der Waals surface area contributed by atoms with Crippen LogP contribution < -0.4 is 0 Å². The standard InChI is InChI=1S/C32H27N3O2/c36-30(27-22-32(27,24-14-6-2-7-15-24)25-16-8-3-9-17-25)34-33-29-26-18-10-11-19-28(26)35(31(29)37)21-20-23-12-4-1-5-13-23/h1-19,27,37H,20-22H2/t27-/m0/s1. The van der Waals surface area contributed by atoms with E-state index in [2.05, 4.69) is 46.6 Å². The molecule has 1 aliphatic carbocycles. The number of hydrogen-bond donors (Lipinski definition) is 1. The molecule has 0 radical (unpaired) electrons. The van der Waals surface area contributed by atoms with Crippen molar-refractivity contribution in [1.29, 1.82) is 0 Å². The Hall–Kier alpha value is -4.51. The zero-order chi connectivity index (χ0) is 25.2. The molecule has 0 unspecified atom stereocenters. The van der Waals surface area contributed by atoms with Crippen LogP contribution in [0.2, 0.25) is 0 Å². The first-order valence-corrected chi connectivity index (χ1v) is 12.6. The lowest BCUT2D eigenvalue weighted by molar-refractivity contribution is -0.119. The number of aromatic hydroxyl groups is 1. The molecule has 1 N–H and O–H groups in total. The predicted octanol–water partition coefficient (Wildman–Crippen LogP) is 7.21. The van der Waals surface area contributed by atoms with E-state index in [4.69, 9.17) is 0 Å². The van der Waals surface area contributed by atoms with Crippen molar-refractivity contribution in [2.75, 3.05) is 0 Å². The zero-order valence-electron chi connectivity index (χ0n) is 20.4. The fourth-order valence-corrected chi connectivity index (χ4v) is 5.49. The van der Waals surface area contributed by atoms with Crippen LogP contribution in [0.4, 0.5) is 5.69 Å². The topological polar surface area (TPSA) is 66.9 Å². The molecule has 0 spiro atoms. The Morgan fingerprint density at radius 1 is 0.811 bits per heavy atom. The Balaban J connectivity index is 1.30. The fraction of sp³-hybridized carbons (Fsp3) is 0.156. The van der Waals surface area contributed by atoms with Gasteiger partial charge in [0.05, 0.1) is 11.4 Å². The molecule has 5 heteroatoms. The van der Waals surface area contributed by atoms with Gasteiger partial charge in [-0.3, -0.25) is 4.79 Å². The molecule has 5 aromatic rings. The molecule has 0 aliphatic heterocycles. The van der Waals surface area contributed by atoms with Gasteiger partial charge >= 0.3 is 0 Å². The van der Waals surface area contributed by atoms with Crippen LogP contribution in [0.3, 0.4) is 0 Å². The molecule has 1 atom stereocenters. The molecule has 1 aliphatic rings. The monoisotopic (exact) mass is 485 g/mol. The molecule has 1 saturated carbocycles. The highest BCUT2D eigenvalue weighted by molar-refractivity contribution is 5.95. The second-order valence-corrected chi connectivity index (χ2v) is 9.57. The molecule has 1 amide bonds. The van der Waals surface area contributed by atoms with Crippen molar-refractivity contribution < 1.29 is 9.90 Å². The SMILES string of the molecule is O=C(N=Nc1c(O)n(CCc2ccccc2)c2ccccc12)[C@@H]1CC1(c1ccccc1)c1ccccc1. The Labute approximate surface area is 215 Å². The van der Waals surface area contributed by atoms with E-state index in [0.717, 1.165) is 28.5 Å². The maximum atomic E-state index is 13.4. The maximum absolute atomic E-state index is 13.4. The maximum Gasteiger partial charge on any atom is 0.269 e. The summed E-state index contributed by atoms with van der Waals surface area (Å²) in [4.78, 5) is 13.4. The van der Waals surface area contributed by atoms with Crippen LogP contribution in [0, 0.1) is 5.92 Å². The van der Waals surface area contributed by atoms with Crippen molar-refractivity contribution in [3.63, 3.8) is 0 Å². The Kier molecular flexibility index (Phi) is 5.89. The minimum Gasteiger partial charge on any atom is -0.493 e. The first kappa shape index (κ1) is 22.9. The molecule has 0 saturated heterocycles. The minimum atomic E-state index is -0.398. The molecule has 37 heavy (non-hydrogen) atoms. The third-order valence-electron chi connectivity index (χ3n) is 7.47. The molecule has 1 aromatic heterocycles. The first-order chi connectivity index (χ1) is 18.2. The third-order valence-corrected chi connectivity index (χ3v) is 7.47. The van der Waals surface area contributed by atoms with Gasteiger partial charge in [0.2, 0.25) is 5.88 Å². The van der Waals surface area contributed by atoms with Crippen molar-refractivity contribution in [2.24, 2.45) is 16.1 Å². The summed E-state index contributed by atoms with van der Waals surface area (Å²) < 4.78 is 1.84. The quantitative estimate of drug-likeness (QED) is 0.248. The van der Waals surface area contributed by atoms with Crippen LogP contribution in [0.25, 0.3) is 10.9 Å². The highest BCUT2D eigenvalue weighted by Crippen LogP contribution is 2.59. The van der Waals surface area contributed by atoms with E-state index in [1.54, 1.807) is 0 Å². The number of amides is 1. The van der Waals surface area contributed by atoms with Crippen LogP contribution in [0.15, 0.2) is 125 Å². The van der Waals surface area contributed by atoms with Crippen LogP contribution >= 0.6 is 0 Å². The second-order valence-electron chi connectivity index (χ2n) is 9.57. The van der Waals surface area contributed by atoms with E-state index < -0.39 is 5.41 Å². The minimum absolute atomic E-state index is 0.0295. The smallest absolute Gasteiger partial charge is 0.269 e. The number of fused-ring (bicyclic) bond motifs is 1. The Bertz CT molecular complexity index is 1540. The van der Waals surface area contributed by atoms with E-state index in [-0.39, 0.29) is 17.7 Å². The first-order valence-electron chi connectivity index (χ1n) is 12.6. The number of carbonyl (C=O) groups is 1. The number of azo groups is 1. The van der Waals surface area contributed by atoms with Gasteiger partial charge in [0.1, 0.15) is 0 Å². The molecule has 0 bridgehead atoms. The third kappa shape index (κ3) is 4.12. The number of nitrogens with zero attached hydrogens (tertiary/aromatic N) is 3. The number of benzene rings is 4. The largest absolute Gasteiger partial charge is 0.493 e. The van der Waals surface area contributed by atoms with Gasteiger partial charge in [-0.15, -0.1) is 10.2 Å². The average molecular weight is 486 g/mol. The van der Waals surface area contributed by atoms with E-state index in [1.165, 1.54) is 5.56 Å². The van der Waals surface area contributed by atoms with Crippen LogP contribution in [0.5, 0.6) is 5.88 Å². The number of aromatic nitrogens is 1. The summed E-state index contributed by atoms with van der Waals surface area (Å²) in [6.07, 6.45) is 1.45. The van der Waals surface area contributed by atoms with Crippen molar-refractivity contribution in [2.45, 2.75) is 24.8 Å². The Morgan fingerprint density at radius 3 is 2.03 bits per heavy atom. The molecular weight excluding hydrogens is 458 g/mol. The van der Waals surface area contributed by atoms with Gasteiger partial charge in [0, 0.05) is 17.3 Å². The average Bonchev–Trinajstić information content (AvgIpc) is 3.67. The Morgan fingerprint density at radius 2 is 1.38 bits per heavy atom. The molecule has 182 valence electrons. The molecule has 6 rings (SSSR count). The van der Waals surface area contributed by atoms with Crippen molar-refractivity contribution in [3.05, 3.63) is 132 Å². The van der Waals surface area contributed by atoms with Crippen LogP contribution in [-0.2, 0) is 23.2 Å². The van der Waals surface area contributed by atoms with Crippen LogP contribution in [-0.4, -0.2) is 15.6 Å². The summed E-state index contributed by atoms with van der Waals surface area (Å²) in [6, 6.07) is 38.1. The highest BCUT2D eigenvalue weighted by atomic mass is 16.3. The van der Waals surface area contributed by atoms with E-state index in [9.17, 15) is 9.90 Å². The van der Waals surface area contributed by atoms with E-state index in [1.807, 2.05) is 83.4 Å². The summed E-state index contributed by atoms with van der Waals surface area (Å²) in [7, 11) is 0. The summed E-state index contributed by atoms with van der Waals surface area (Å²) in [5, 5.41) is 20.4. The fourth-order valence-electron chi connectivity index (χ4n) is 5.49. The summed E-state index contributed by atoms with van der Waals surface area (Å²) in [5.41, 5.74) is 4.20. The molecular formula is C32H27N3O2. The lowest BCUT2D eigenvalue weighted by atomic mass is 9.85. The summed E-state index contributed by atoms with van der Waals surface area (Å²) >= 11 is 0. The molecule has 1 heterocycles. The normalized spacial score (nSPS) is 16.3. The zero-order valence-corrected chi connectivity index (χ0v) is 20.4. The summed E-state index contributed by atoms with van der Waals surface area (Å²) in [5.74, 6) is -0.537. The summed E-state index contributed by atoms with van der Waals surface area (Å²) in [6.45, 7) is 0.591. The number of aryl methyl sites for hydroxylation is 2.